The molecule has 0 heterocycles. The Morgan fingerprint density at radius 1 is 1.10 bits per heavy atom. The van der Waals surface area contributed by atoms with Crippen LogP contribution in [0.3, 0.4) is 0 Å². The van der Waals surface area contributed by atoms with Crippen molar-refractivity contribution in [2.75, 3.05) is 19.5 Å². The standard InChI is InChI=1S/C16H18INO3/c1-10-4-5-12(8-13(10)17)18-9-11-6-14(20-2)16(19)15(7-11)21-3/h4-8,18-19H,9H2,1-3H3. The van der Waals surface area contributed by atoms with Crippen LogP contribution in [0.1, 0.15) is 11.1 Å². The van der Waals surface area contributed by atoms with Crippen molar-refractivity contribution in [1.29, 1.82) is 0 Å². The molecule has 2 N–H and O–H groups in total. The highest BCUT2D eigenvalue weighted by Crippen LogP contribution is 2.37. The molecule has 0 radical (unpaired) electrons. The van der Waals surface area contributed by atoms with Crippen molar-refractivity contribution in [3.05, 3.63) is 45.0 Å². The molecule has 5 heteroatoms. The number of aromatic hydroxyl groups is 1. The van der Waals surface area contributed by atoms with Crippen LogP contribution in [-0.4, -0.2) is 19.3 Å². The maximum absolute atomic E-state index is 9.89. The summed E-state index contributed by atoms with van der Waals surface area (Å²) >= 11 is 2.32. The van der Waals surface area contributed by atoms with Crippen LogP contribution in [0.4, 0.5) is 5.69 Å². The molecule has 0 spiro atoms. The molecule has 21 heavy (non-hydrogen) atoms. The zero-order chi connectivity index (χ0) is 15.4. The lowest BCUT2D eigenvalue weighted by Crippen LogP contribution is -2.01. The van der Waals surface area contributed by atoms with E-state index in [9.17, 15) is 5.11 Å². The summed E-state index contributed by atoms with van der Waals surface area (Å²) in [4.78, 5) is 0. The van der Waals surface area contributed by atoms with E-state index >= 15 is 0 Å². The van der Waals surface area contributed by atoms with Gasteiger partial charge in [0.1, 0.15) is 0 Å². The van der Waals surface area contributed by atoms with Gasteiger partial charge in [0.2, 0.25) is 5.75 Å². The highest BCUT2D eigenvalue weighted by atomic mass is 127. The Kier molecular flexibility index (Phi) is 5.17. The number of methoxy groups -OCH3 is 2. The van der Waals surface area contributed by atoms with Crippen molar-refractivity contribution in [3.63, 3.8) is 0 Å². The van der Waals surface area contributed by atoms with E-state index in [4.69, 9.17) is 9.47 Å². The van der Waals surface area contributed by atoms with Crippen molar-refractivity contribution in [3.8, 4) is 17.2 Å². The van der Waals surface area contributed by atoms with E-state index < -0.39 is 0 Å². The predicted molar refractivity (Wildman–Crippen MR) is 92.4 cm³/mol. The molecule has 0 aliphatic rings. The van der Waals surface area contributed by atoms with Gasteiger partial charge in [-0.1, -0.05) is 6.07 Å². The van der Waals surface area contributed by atoms with E-state index in [-0.39, 0.29) is 5.75 Å². The van der Waals surface area contributed by atoms with E-state index in [1.807, 2.05) is 6.07 Å². The normalized spacial score (nSPS) is 10.3. The number of phenolic OH excluding ortho intramolecular Hbond substituents is 1. The summed E-state index contributed by atoms with van der Waals surface area (Å²) in [6.45, 7) is 2.70. The average molecular weight is 399 g/mol. The molecule has 0 fully saturated rings. The van der Waals surface area contributed by atoms with Gasteiger partial charge in [-0.15, -0.1) is 0 Å². The SMILES string of the molecule is COc1cc(CNc2ccc(C)c(I)c2)cc(OC)c1O. The van der Waals surface area contributed by atoms with Gasteiger partial charge >= 0.3 is 0 Å². The minimum absolute atomic E-state index is 0.0219. The third kappa shape index (κ3) is 3.72. The van der Waals surface area contributed by atoms with Crippen molar-refractivity contribution in [1.82, 2.24) is 0 Å². The van der Waals surface area contributed by atoms with Gasteiger partial charge in [0.15, 0.2) is 11.5 Å². The zero-order valence-corrected chi connectivity index (χ0v) is 14.4. The van der Waals surface area contributed by atoms with Gasteiger partial charge < -0.3 is 19.9 Å². The number of rotatable bonds is 5. The van der Waals surface area contributed by atoms with Crippen molar-refractivity contribution < 1.29 is 14.6 Å². The number of ether oxygens (including phenoxy) is 2. The number of benzene rings is 2. The molecule has 2 rings (SSSR count). The van der Waals surface area contributed by atoms with Gasteiger partial charge in [-0.3, -0.25) is 0 Å². The zero-order valence-electron chi connectivity index (χ0n) is 12.2. The highest BCUT2D eigenvalue weighted by molar-refractivity contribution is 14.1. The van der Waals surface area contributed by atoms with Gasteiger partial charge in [-0.2, -0.15) is 0 Å². The third-order valence-electron chi connectivity index (χ3n) is 3.21. The van der Waals surface area contributed by atoms with Crippen LogP contribution < -0.4 is 14.8 Å². The molecule has 0 aliphatic carbocycles. The second kappa shape index (κ2) is 6.89. The number of hydrogen-bond acceptors (Lipinski definition) is 4. The summed E-state index contributed by atoms with van der Waals surface area (Å²) in [5, 5.41) is 13.2. The number of anilines is 1. The quantitative estimate of drug-likeness (QED) is 0.749. The van der Waals surface area contributed by atoms with E-state index in [0.29, 0.717) is 18.0 Å². The van der Waals surface area contributed by atoms with Crippen LogP contribution >= 0.6 is 22.6 Å². The molecule has 0 aromatic heterocycles. The van der Waals surface area contributed by atoms with Crippen LogP contribution in [0.25, 0.3) is 0 Å². The van der Waals surface area contributed by atoms with Crippen molar-refractivity contribution in [2.24, 2.45) is 0 Å². The Hall–Kier alpha value is -1.63. The first-order chi connectivity index (χ1) is 10.0. The Morgan fingerprint density at radius 2 is 1.71 bits per heavy atom. The van der Waals surface area contributed by atoms with Gasteiger partial charge in [0, 0.05) is 15.8 Å². The van der Waals surface area contributed by atoms with Crippen LogP contribution in [0.2, 0.25) is 0 Å². The summed E-state index contributed by atoms with van der Waals surface area (Å²) in [6.07, 6.45) is 0. The lowest BCUT2D eigenvalue weighted by Gasteiger charge is -2.13. The van der Waals surface area contributed by atoms with Gasteiger partial charge in [0.25, 0.3) is 0 Å². The molecular weight excluding hydrogens is 381 g/mol. The number of nitrogens with one attached hydrogen (secondary N) is 1. The Bertz CT molecular complexity index is 618. The largest absolute Gasteiger partial charge is 0.502 e. The van der Waals surface area contributed by atoms with Crippen LogP contribution in [0, 0.1) is 10.5 Å². The minimum Gasteiger partial charge on any atom is -0.502 e. The number of aryl methyl sites for hydroxylation is 1. The molecule has 112 valence electrons. The summed E-state index contributed by atoms with van der Waals surface area (Å²) in [6, 6.07) is 9.83. The fraction of sp³-hybridized carbons (Fsp3) is 0.250. The molecule has 0 saturated heterocycles. The maximum Gasteiger partial charge on any atom is 0.200 e. The van der Waals surface area contributed by atoms with Gasteiger partial charge in [0.05, 0.1) is 14.2 Å². The summed E-state index contributed by atoms with van der Waals surface area (Å²) in [5.74, 6) is 0.836. The van der Waals surface area contributed by atoms with E-state index in [1.165, 1.54) is 23.4 Å². The molecular formula is C16H18INO3. The number of phenols is 1. The molecule has 0 bridgehead atoms. The Labute approximate surface area is 138 Å². The predicted octanol–water partition coefficient (Wildman–Crippen LogP) is 3.93. The van der Waals surface area contributed by atoms with E-state index in [0.717, 1.165) is 11.3 Å². The lowest BCUT2D eigenvalue weighted by molar-refractivity contribution is 0.339. The first-order valence-electron chi connectivity index (χ1n) is 6.49. The monoisotopic (exact) mass is 399 g/mol. The van der Waals surface area contributed by atoms with Crippen molar-refractivity contribution in [2.45, 2.75) is 13.5 Å². The average Bonchev–Trinajstić information content (AvgIpc) is 2.49. The first kappa shape index (κ1) is 15.8. The Balaban J connectivity index is 2.17. The second-order valence-electron chi connectivity index (χ2n) is 4.67. The summed E-state index contributed by atoms with van der Waals surface area (Å²) in [5.41, 5.74) is 3.28. The molecule has 2 aromatic carbocycles. The molecule has 4 nitrogen and oxygen atoms in total. The fourth-order valence-electron chi connectivity index (χ4n) is 1.96. The second-order valence-corrected chi connectivity index (χ2v) is 5.83. The highest BCUT2D eigenvalue weighted by Gasteiger charge is 2.11. The molecule has 0 unspecified atom stereocenters. The third-order valence-corrected chi connectivity index (χ3v) is 4.37. The lowest BCUT2D eigenvalue weighted by atomic mass is 10.1. The summed E-state index contributed by atoms with van der Waals surface area (Å²) in [7, 11) is 3.04. The van der Waals surface area contributed by atoms with Crippen molar-refractivity contribution >= 4 is 28.3 Å². The van der Waals surface area contributed by atoms with Crippen LogP contribution in [-0.2, 0) is 6.54 Å². The van der Waals surface area contributed by atoms with Gasteiger partial charge in [-0.25, -0.2) is 0 Å². The number of halogens is 1. The molecule has 0 saturated carbocycles. The molecule has 0 amide bonds. The van der Waals surface area contributed by atoms with Crippen LogP contribution in [0.5, 0.6) is 17.2 Å². The molecule has 0 aliphatic heterocycles. The van der Waals surface area contributed by atoms with E-state index in [1.54, 1.807) is 12.1 Å². The van der Waals surface area contributed by atoms with Gasteiger partial charge in [-0.05, 0) is 64.9 Å². The number of hydrogen-bond donors (Lipinski definition) is 2. The maximum atomic E-state index is 9.89. The Morgan fingerprint density at radius 3 is 2.24 bits per heavy atom. The van der Waals surface area contributed by atoms with Crippen LogP contribution in [0.15, 0.2) is 30.3 Å². The molecule has 2 aromatic rings. The summed E-state index contributed by atoms with van der Waals surface area (Å²) < 4.78 is 11.5. The van der Waals surface area contributed by atoms with E-state index in [2.05, 4.69) is 47.0 Å². The fourth-order valence-corrected chi connectivity index (χ4v) is 2.47. The first-order valence-corrected chi connectivity index (χ1v) is 7.57. The minimum atomic E-state index is 0.0219. The topological polar surface area (TPSA) is 50.7 Å². The molecule has 0 atom stereocenters. The smallest absolute Gasteiger partial charge is 0.200 e.